The predicted octanol–water partition coefficient (Wildman–Crippen LogP) is 0.334. The van der Waals surface area contributed by atoms with Crippen molar-refractivity contribution in [3.8, 4) is 5.75 Å². The van der Waals surface area contributed by atoms with E-state index in [2.05, 4.69) is 6.92 Å². The van der Waals surface area contributed by atoms with Crippen molar-refractivity contribution < 1.29 is 47.3 Å². The molecule has 0 aliphatic carbocycles. The Kier molecular flexibility index (Phi) is 10.6. The SMILES string of the molecule is CCCCCCCCOc1ccc(S(=O)(=O)[O-])cc1.[Na+]. The summed E-state index contributed by atoms with van der Waals surface area (Å²) in [5, 5.41) is 0. The average Bonchev–Trinajstić information content (AvgIpc) is 2.37. The predicted molar refractivity (Wildman–Crippen MR) is 73.3 cm³/mol. The zero-order chi connectivity index (χ0) is 14.1. The van der Waals surface area contributed by atoms with Crippen LogP contribution < -0.4 is 34.3 Å². The fourth-order valence-electron chi connectivity index (χ4n) is 1.77. The second-order valence-corrected chi connectivity index (χ2v) is 5.92. The van der Waals surface area contributed by atoms with Crippen molar-refractivity contribution in [1.82, 2.24) is 0 Å². The van der Waals surface area contributed by atoms with Crippen LogP contribution in [-0.4, -0.2) is 19.6 Å². The molecule has 0 aliphatic rings. The van der Waals surface area contributed by atoms with Gasteiger partial charge in [0.25, 0.3) is 0 Å². The van der Waals surface area contributed by atoms with E-state index >= 15 is 0 Å². The van der Waals surface area contributed by atoms with E-state index in [1.807, 2.05) is 0 Å². The maximum atomic E-state index is 10.7. The molecule has 0 aliphatic heterocycles. The Bertz CT molecular complexity index is 457. The minimum Gasteiger partial charge on any atom is -0.744 e. The fourth-order valence-corrected chi connectivity index (χ4v) is 2.24. The molecule has 1 aromatic rings. The summed E-state index contributed by atoms with van der Waals surface area (Å²) in [7, 11) is -4.36. The first-order chi connectivity index (χ1) is 9.04. The summed E-state index contributed by atoms with van der Waals surface area (Å²) in [6.45, 7) is 2.81. The number of hydrogen-bond donors (Lipinski definition) is 0. The summed E-state index contributed by atoms with van der Waals surface area (Å²) >= 11 is 0. The van der Waals surface area contributed by atoms with Crippen molar-refractivity contribution in [2.45, 2.75) is 50.3 Å². The Morgan fingerprint density at radius 2 is 1.55 bits per heavy atom. The van der Waals surface area contributed by atoms with Crippen molar-refractivity contribution >= 4 is 10.1 Å². The number of ether oxygens (including phenoxy) is 1. The molecule has 1 aromatic carbocycles. The third-order valence-corrected chi connectivity index (χ3v) is 3.73. The first kappa shape index (κ1) is 19.9. The van der Waals surface area contributed by atoms with Crippen LogP contribution >= 0.6 is 0 Å². The smallest absolute Gasteiger partial charge is 0.744 e. The van der Waals surface area contributed by atoms with Gasteiger partial charge >= 0.3 is 29.6 Å². The van der Waals surface area contributed by atoms with E-state index in [0.29, 0.717) is 12.4 Å². The van der Waals surface area contributed by atoms with Crippen LogP contribution in [0.3, 0.4) is 0 Å². The normalized spacial score (nSPS) is 10.9. The first-order valence-corrected chi connectivity index (χ1v) is 8.13. The van der Waals surface area contributed by atoms with Gasteiger partial charge in [-0.05, 0) is 30.7 Å². The molecule has 0 amide bonds. The van der Waals surface area contributed by atoms with Gasteiger partial charge in [-0.1, -0.05) is 39.0 Å². The van der Waals surface area contributed by atoms with Crippen LogP contribution in [0.5, 0.6) is 5.75 Å². The van der Waals surface area contributed by atoms with Crippen molar-refractivity contribution in [2.24, 2.45) is 0 Å². The molecule has 0 saturated carbocycles. The van der Waals surface area contributed by atoms with Gasteiger partial charge in [0.05, 0.1) is 11.5 Å². The summed E-state index contributed by atoms with van der Waals surface area (Å²) in [6, 6.07) is 5.58. The largest absolute Gasteiger partial charge is 1.00 e. The minimum atomic E-state index is -4.36. The number of unbranched alkanes of at least 4 members (excludes halogenated alkanes) is 5. The van der Waals surface area contributed by atoms with Crippen molar-refractivity contribution in [3.05, 3.63) is 24.3 Å². The summed E-state index contributed by atoms with van der Waals surface area (Å²) < 4.78 is 37.7. The third kappa shape index (κ3) is 8.27. The monoisotopic (exact) mass is 308 g/mol. The molecule has 0 radical (unpaired) electrons. The van der Waals surface area contributed by atoms with E-state index in [1.165, 1.54) is 49.9 Å². The second kappa shape index (κ2) is 10.6. The standard InChI is InChI=1S/C14H22O4S.Na/c1-2-3-4-5-6-7-12-18-13-8-10-14(11-9-13)19(15,16)17;/h8-11H,2-7,12H2,1H3,(H,15,16,17);/q;+1/p-1. The van der Waals surface area contributed by atoms with Crippen molar-refractivity contribution in [2.75, 3.05) is 6.61 Å². The van der Waals surface area contributed by atoms with Gasteiger partial charge in [-0.25, -0.2) is 8.42 Å². The molecule has 0 fully saturated rings. The maximum absolute atomic E-state index is 10.7. The minimum absolute atomic E-state index is 0. The molecule has 0 aromatic heterocycles. The molecule has 0 unspecified atom stereocenters. The van der Waals surface area contributed by atoms with Crippen LogP contribution in [0.2, 0.25) is 0 Å². The van der Waals surface area contributed by atoms with Crippen LogP contribution in [0.1, 0.15) is 45.4 Å². The van der Waals surface area contributed by atoms with E-state index < -0.39 is 10.1 Å². The van der Waals surface area contributed by atoms with Crippen molar-refractivity contribution in [1.29, 1.82) is 0 Å². The quantitative estimate of drug-likeness (QED) is 0.375. The summed E-state index contributed by atoms with van der Waals surface area (Å²) in [5.41, 5.74) is 0. The van der Waals surface area contributed by atoms with E-state index in [0.717, 1.165) is 12.8 Å². The van der Waals surface area contributed by atoms with Crippen LogP contribution in [-0.2, 0) is 10.1 Å². The molecule has 0 spiro atoms. The molecule has 1 rings (SSSR count). The molecule has 0 bridgehead atoms. The van der Waals surface area contributed by atoms with Crippen LogP contribution in [0.25, 0.3) is 0 Å². The molecular weight excluding hydrogens is 287 g/mol. The molecule has 6 heteroatoms. The van der Waals surface area contributed by atoms with E-state index in [4.69, 9.17) is 4.74 Å². The van der Waals surface area contributed by atoms with Gasteiger partial charge < -0.3 is 9.29 Å². The number of rotatable bonds is 9. The second-order valence-electron chi connectivity index (χ2n) is 4.54. The average molecular weight is 308 g/mol. The molecule has 0 saturated heterocycles. The first-order valence-electron chi connectivity index (χ1n) is 6.73. The van der Waals surface area contributed by atoms with Crippen molar-refractivity contribution in [3.63, 3.8) is 0 Å². The Labute approximate surface area is 144 Å². The summed E-state index contributed by atoms with van der Waals surface area (Å²) in [5.74, 6) is 0.598. The Morgan fingerprint density at radius 3 is 2.10 bits per heavy atom. The van der Waals surface area contributed by atoms with E-state index in [-0.39, 0.29) is 34.5 Å². The molecule has 0 atom stereocenters. The third-order valence-electron chi connectivity index (χ3n) is 2.88. The molecule has 108 valence electrons. The summed E-state index contributed by atoms with van der Waals surface area (Å²) in [6.07, 6.45) is 7.16. The zero-order valence-electron chi connectivity index (χ0n) is 12.3. The van der Waals surface area contributed by atoms with Crippen LogP contribution in [0.4, 0.5) is 0 Å². The Morgan fingerprint density at radius 1 is 1.00 bits per heavy atom. The molecule has 0 N–H and O–H groups in total. The van der Waals surface area contributed by atoms with Gasteiger partial charge in [-0.2, -0.15) is 0 Å². The Balaban J connectivity index is 0.00000361. The van der Waals surface area contributed by atoms with Crippen LogP contribution in [0, 0.1) is 0 Å². The molecule has 0 heterocycles. The number of benzene rings is 1. The van der Waals surface area contributed by atoms with Gasteiger partial charge in [0.1, 0.15) is 15.9 Å². The van der Waals surface area contributed by atoms with Gasteiger partial charge in [-0.3, -0.25) is 0 Å². The van der Waals surface area contributed by atoms with Gasteiger partial charge in [0.2, 0.25) is 0 Å². The fraction of sp³-hybridized carbons (Fsp3) is 0.571. The molecular formula is C14H21NaO4S. The molecule has 4 nitrogen and oxygen atoms in total. The van der Waals surface area contributed by atoms with Crippen LogP contribution in [0.15, 0.2) is 29.2 Å². The van der Waals surface area contributed by atoms with Gasteiger partial charge in [-0.15, -0.1) is 0 Å². The van der Waals surface area contributed by atoms with Gasteiger partial charge in [0, 0.05) is 0 Å². The van der Waals surface area contributed by atoms with E-state index in [1.54, 1.807) is 0 Å². The maximum Gasteiger partial charge on any atom is 1.00 e. The Hall–Kier alpha value is -0.0700. The topological polar surface area (TPSA) is 66.4 Å². The zero-order valence-corrected chi connectivity index (χ0v) is 15.1. The number of hydrogen-bond acceptors (Lipinski definition) is 4. The summed E-state index contributed by atoms with van der Waals surface area (Å²) in [4.78, 5) is -0.223. The van der Waals surface area contributed by atoms with Gasteiger partial charge in [0.15, 0.2) is 0 Å². The van der Waals surface area contributed by atoms with E-state index in [9.17, 15) is 13.0 Å². The molecule has 20 heavy (non-hydrogen) atoms.